The molecule has 1 aliphatic heterocycles. The van der Waals surface area contributed by atoms with Crippen molar-refractivity contribution in [1.82, 2.24) is 0 Å². The van der Waals surface area contributed by atoms with Crippen molar-refractivity contribution < 1.29 is 9.63 Å². The van der Waals surface area contributed by atoms with Gasteiger partial charge in [-0.1, -0.05) is 48.8 Å². The molecule has 4 heteroatoms. The number of benzene rings is 1. The summed E-state index contributed by atoms with van der Waals surface area (Å²) in [6.07, 6.45) is 7.73. The van der Waals surface area contributed by atoms with Gasteiger partial charge in [0.2, 0.25) is 5.78 Å². The lowest BCUT2D eigenvalue weighted by molar-refractivity contribution is -0.135. The van der Waals surface area contributed by atoms with Crippen LogP contribution >= 0.6 is 11.6 Å². The maximum atomic E-state index is 12.5. The number of halogens is 1. The average molecular weight is 344 g/mol. The van der Waals surface area contributed by atoms with Gasteiger partial charge in [-0.15, -0.1) is 0 Å². The standard InChI is InChI=1S/C20H22ClNO2/c1-19(2)14-6-7-15(11-14)20(19)12-17(22-24-20)18(23)10-5-13-3-8-16(21)9-4-13/h3-5,8-10,14-15H,6-7,11-12H2,1-2H3/b10-5+/t14-,15+,20?/m1/s1. The van der Waals surface area contributed by atoms with Gasteiger partial charge in [0.05, 0.1) is 0 Å². The fraction of sp³-hybridized carbons (Fsp3) is 0.500. The second-order valence-corrected chi connectivity index (χ2v) is 8.31. The number of hydrogen-bond acceptors (Lipinski definition) is 3. The molecule has 1 heterocycles. The maximum absolute atomic E-state index is 12.5. The van der Waals surface area contributed by atoms with Crippen LogP contribution in [0.2, 0.25) is 5.02 Å². The second-order valence-electron chi connectivity index (χ2n) is 7.87. The molecule has 3 atom stereocenters. The molecule has 24 heavy (non-hydrogen) atoms. The molecular formula is C20H22ClNO2. The van der Waals surface area contributed by atoms with Crippen LogP contribution in [0.4, 0.5) is 0 Å². The number of nitrogens with zero attached hydrogens (tertiary/aromatic N) is 1. The van der Waals surface area contributed by atoms with Crippen LogP contribution in [0.15, 0.2) is 35.5 Å². The normalized spacial score (nSPS) is 33.2. The number of carbonyl (C=O) groups excluding carboxylic acids is 1. The molecule has 0 N–H and O–H groups in total. The molecule has 0 saturated heterocycles. The Morgan fingerprint density at radius 3 is 2.62 bits per heavy atom. The molecule has 0 amide bonds. The molecule has 3 aliphatic rings. The quantitative estimate of drug-likeness (QED) is 0.732. The SMILES string of the molecule is CC1(C)[C@@H]2CC[C@@H](C2)C12CC(C(=O)/C=C/c1ccc(Cl)cc1)=NO2. The minimum Gasteiger partial charge on any atom is -0.388 e. The van der Waals surface area contributed by atoms with Gasteiger partial charge < -0.3 is 4.84 Å². The van der Waals surface area contributed by atoms with Crippen molar-refractivity contribution in [1.29, 1.82) is 0 Å². The van der Waals surface area contributed by atoms with E-state index in [9.17, 15) is 4.79 Å². The zero-order chi connectivity index (χ0) is 16.9. The third kappa shape index (κ3) is 2.25. The zero-order valence-electron chi connectivity index (χ0n) is 14.1. The van der Waals surface area contributed by atoms with Crippen molar-refractivity contribution >= 4 is 29.2 Å². The molecule has 1 aromatic rings. The predicted molar refractivity (Wildman–Crippen MR) is 96.0 cm³/mol. The van der Waals surface area contributed by atoms with E-state index < -0.39 is 0 Å². The first kappa shape index (κ1) is 15.9. The summed E-state index contributed by atoms with van der Waals surface area (Å²) in [5.41, 5.74) is 1.32. The van der Waals surface area contributed by atoms with Gasteiger partial charge in [-0.2, -0.15) is 0 Å². The van der Waals surface area contributed by atoms with E-state index in [1.54, 1.807) is 12.2 Å². The van der Waals surface area contributed by atoms with Crippen molar-refractivity contribution in [2.75, 3.05) is 0 Å². The van der Waals surface area contributed by atoms with E-state index >= 15 is 0 Å². The number of ketones is 1. The van der Waals surface area contributed by atoms with Crippen molar-refractivity contribution in [3.63, 3.8) is 0 Å². The smallest absolute Gasteiger partial charge is 0.203 e. The Balaban J connectivity index is 1.49. The van der Waals surface area contributed by atoms with Crippen LogP contribution in [-0.4, -0.2) is 17.1 Å². The highest BCUT2D eigenvalue weighted by molar-refractivity contribution is 6.45. The lowest BCUT2D eigenvalue weighted by atomic mass is 9.63. The summed E-state index contributed by atoms with van der Waals surface area (Å²) in [6.45, 7) is 4.56. The second kappa shape index (κ2) is 5.45. The summed E-state index contributed by atoms with van der Waals surface area (Å²) in [4.78, 5) is 18.5. The van der Waals surface area contributed by atoms with Gasteiger partial charge >= 0.3 is 0 Å². The Morgan fingerprint density at radius 2 is 1.96 bits per heavy atom. The molecule has 1 aromatic carbocycles. The van der Waals surface area contributed by atoms with Gasteiger partial charge in [0.1, 0.15) is 5.71 Å². The van der Waals surface area contributed by atoms with E-state index in [1.165, 1.54) is 19.3 Å². The number of hydrogen-bond donors (Lipinski definition) is 0. The van der Waals surface area contributed by atoms with Crippen molar-refractivity contribution in [3.8, 4) is 0 Å². The average Bonchev–Trinajstić information content (AvgIpc) is 3.25. The highest BCUT2D eigenvalue weighted by Crippen LogP contribution is 2.65. The molecule has 0 radical (unpaired) electrons. The maximum Gasteiger partial charge on any atom is 0.203 e. The Kier molecular flexibility index (Phi) is 3.61. The number of fused-ring (bicyclic) bond motifs is 3. The van der Waals surface area contributed by atoms with E-state index in [-0.39, 0.29) is 16.8 Å². The Morgan fingerprint density at radius 1 is 1.25 bits per heavy atom. The van der Waals surface area contributed by atoms with Gasteiger partial charge in [0.25, 0.3) is 0 Å². The van der Waals surface area contributed by atoms with Crippen molar-refractivity contribution in [2.45, 2.75) is 45.1 Å². The molecule has 2 bridgehead atoms. The monoisotopic (exact) mass is 343 g/mol. The van der Waals surface area contributed by atoms with Gasteiger partial charge in [0, 0.05) is 22.8 Å². The highest BCUT2D eigenvalue weighted by Gasteiger charge is 2.67. The largest absolute Gasteiger partial charge is 0.388 e. The fourth-order valence-electron chi connectivity index (χ4n) is 4.92. The van der Waals surface area contributed by atoms with E-state index in [4.69, 9.17) is 16.4 Å². The third-order valence-electron chi connectivity index (χ3n) is 6.53. The van der Waals surface area contributed by atoms with Gasteiger partial charge in [-0.25, -0.2) is 0 Å². The Bertz CT molecular complexity index is 735. The molecule has 2 fully saturated rings. The lowest BCUT2D eigenvalue weighted by Gasteiger charge is -2.44. The van der Waals surface area contributed by atoms with Gasteiger partial charge in [-0.3, -0.25) is 4.79 Å². The summed E-state index contributed by atoms with van der Waals surface area (Å²) in [7, 11) is 0. The molecular weight excluding hydrogens is 322 g/mol. The van der Waals surface area contributed by atoms with E-state index in [2.05, 4.69) is 19.0 Å². The van der Waals surface area contributed by atoms with Gasteiger partial charge in [0.15, 0.2) is 5.60 Å². The molecule has 0 aromatic heterocycles. The fourth-order valence-corrected chi connectivity index (χ4v) is 5.05. The Labute approximate surface area is 147 Å². The van der Waals surface area contributed by atoms with Crippen LogP contribution in [0.3, 0.4) is 0 Å². The molecule has 1 unspecified atom stereocenters. The first-order chi connectivity index (χ1) is 11.4. The number of carbonyl (C=O) groups is 1. The summed E-state index contributed by atoms with van der Waals surface area (Å²) in [5, 5.41) is 4.89. The topological polar surface area (TPSA) is 38.7 Å². The van der Waals surface area contributed by atoms with E-state index in [0.29, 0.717) is 29.0 Å². The first-order valence-electron chi connectivity index (χ1n) is 8.65. The molecule has 1 spiro atoms. The third-order valence-corrected chi connectivity index (χ3v) is 6.79. The minimum atomic E-state index is -0.269. The summed E-state index contributed by atoms with van der Waals surface area (Å²) >= 11 is 5.88. The summed E-state index contributed by atoms with van der Waals surface area (Å²) in [5.74, 6) is 1.17. The number of rotatable bonds is 3. The molecule has 126 valence electrons. The molecule has 2 saturated carbocycles. The van der Waals surface area contributed by atoms with E-state index in [1.807, 2.05) is 24.3 Å². The molecule has 3 nitrogen and oxygen atoms in total. The summed E-state index contributed by atoms with van der Waals surface area (Å²) < 4.78 is 0. The van der Waals surface area contributed by atoms with Crippen LogP contribution in [-0.2, 0) is 9.63 Å². The summed E-state index contributed by atoms with van der Waals surface area (Å²) in [6, 6.07) is 7.41. The Hall–Kier alpha value is -1.61. The van der Waals surface area contributed by atoms with Crippen LogP contribution in [0.25, 0.3) is 6.08 Å². The predicted octanol–water partition coefficient (Wildman–Crippen LogP) is 4.89. The van der Waals surface area contributed by atoms with Gasteiger partial charge in [-0.05, 0) is 49.0 Å². The molecule has 4 rings (SSSR count). The van der Waals surface area contributed by atoms with Crippen LogP contribution in [0, 0.1) is 17.3 Å². The first-order valence-corrected chi connectivity index (χ1v) is 9.03. The number of oxime groups is 1. The lowest BCUT2D eigenvalue weighted by Crippen LogP contribution is -2.49. The van der Waals surface area contributed by atoms with Crippen LogP contribution in [0.5, 0.6) is 0 Å². The highest BCUT2D eigenvalue weighted by atomic mass is 35.5. The van der Waals surface area contributed by atoms with Crippen LogP contribution < -0.4 is 0 Å². The zero-order valence-corrected chi connectivity index (χ0v) is 14.8. The molecule has 2 aliphatic carbocycles. The van der Waals surface area contributed by atoms with Crippen molar-refractivity contribution in [3.05, 3.63) is 40.9 Å². The number of allylic oxidation sites excluding steroid dienone is 1. The minimum absolute atomic E-state index is 0.0552. The van der Waals surface area contributed by atoms with Crippen molar-refractivity contribution in [2.24, 2.45) is 22.4 Å². The van der Waals surface area contributed by atoms with Crippen LogP contribution in [0.1, 0.15) is 45.1 Å². The van der Waals surface area contributed by atoms with E-state index in [0.717, 1.165) is 5.56 Å².